The molecule has 0 radical (unpaired) electrons. The van der Waals surface area contributed by atoms with Crippen LogP contribution in [0.1, 0.15) is 44.7 Å². The quantitative estimate of drug-likeness (QED) is 0.106. The summed E-state index contributed by atoms with van der Waals surface area (Å²) in [5.74, 6) is -1.76. The number of guanidine groups is 1. The Balaban J connectivity index is 2.29. The third kappa shape index (κ3) is 7.78. The predicted octanol–water partition coefficient (Wildman–Crippen LogP) is 0.850. The minimum Gasteiger partial charge on any atom is -0.370 e. The normalized spacial score (nSPS) is 15.5. The number of carbonyl (C=O) groups is 2. The van der Waals surface area contributed by atoms with Crippen LogP contribution >= 0.6 is 0 Å². The number of nitrogens with two attached hydrogens (primary N) is 2. The van der Waals surface area contributed by atoms with Crippen LogP contribution in [0.5, 0.6) is 0 Å². The van der Waals surface area contributed by atoms with E-state index >= 15 is 0 Å². The molecule has 0 aliphatic rings. The Morgan fingerprint density at radius 3 is 2.13 bits per heavy atom. The molecule has 0 spiro atoms. The average molecular weight is 561 g/mol. The molecule has 11 nitrogen and oxygen atoms in total. The molecule has 4 atom stereocenters. The zero-order valence-corrected chi connectivity index (χ0v) is 23.6. The van der Waals surface area contributed by atoms with Gasteiger partial charge < -0.3 is 32.5 Å². The molecule has 0 saturated heterocycles. The van der Waals surface area contributed by atoms with E-state index in [1.54, 1.807) is 44.2 Å². The van der Waals surface area contributed by atoms with Crippen molar-refractivity contribution >= 4 is 27.6 Å². The van der Waals surface area contributed by atoms with Crippen molar-refractivity contribution in [2.45, 2.75) is 68.5 Å². The van der Waals surface area contributed by atoms with Crippen LogP contribution in [0.3, 0.4) is 0 Å². The lowest BCUT2D eigenvalue weighted by Crippen LogP contribution is -2.59. The number of rotatable bonds is 13. The average Bonchev–Trinajstić information content (AvgIpc) is 2.89. The van der Waals surface area contributed by atoms with Crippen molar-refractivity contribution < 1.29 is 23.1 Å². The molecule has 0 unspecified atom stereocenters. The van der Waals surface area contributed by atoms with E-state index < -0.39 is 44.7 Å². The fraction of sp³-hybridized carbons (Fsp3) is 0.444. The highest BCUT2D eigenvalue weighted by atomic mass is 32.2. The van der Waals surface area contributed by atoms with Crippen LogP contribution in [0.4, 0.5) is 0 Å². The SMILES string of the molecule is Cc1ccc(S(=O)(=O)[C@@](O)(c2ccccc2)[C@H](C)NC(=O)[C@@H](NC(=O)[C@@H](N)CCCNC(=N)N)C(C)C)cc1. The highest BCUT2D eigenvalue weighted by molar-refractivity contribution is 7.92. The molecule has 0 heterocycles. The Kier molecular flexibility index (Phi) is 11.0. The van der Waals surface area contributed by atoms with E-state index in [9.17, 15) is 23.1 Å². The summed E-state index contributed by atoms with van der Waals surface area (Å²) < 4.78 is 27.6. The van der Waals surface area contributed by atoms with Gasteiger partial charge in [0.15, 0.2) is 5.96 Å². The Bertz CT molecular complexity index is 1240. The van der Waals surface area contributed by atoms with Gasteiger partial charge in [0.25, 0.3) is 0 Å². The van der Waals surface area contributed by atoms with Crippen molar-refractivity contribution in [2.75, 3.05) is 6.54 Å². The molecule has 0 fully saturated rings. The summed E-state index contributed by atoms with van der Waals surface area (Å²) in [7, 11) is -4.41. The lowest BCUT2D eigenvalue weighted by atomic mass is 9.99. The summed E-state index contributed by atoms with van der Waals surface area (Å²) in [5.41, 5.74) is 12.2. The molecule has 2 rings (SSSR count). The number of carbonyl (C=O) groups excluding carboxylic acids is 2. The second kappa shape index (κ2) is 13.5. The molecule has 0 aromatic heterocycles. The highest BCUT2D eigenvalue weighted by Crippen LogP contribution is 2.36. The van der Waals surface area contributed by atoms with E-state index in [1.807, 2.05) is 6.92 Å². The van der Waals surface area contributed by atoms with Crippen molar-refractivity contribution in [2.24, 2.45) is 17.4 Å². The van der Waals surface area contributed by atoms with Crippen LogP contribution in [0.15, 0.2) is 59.5 Å². The Morgan fingerprint density at radius 1 is 1.00 bits per heavy atom. The van der Waals surface area contributed by atoms with Crippen molar-refractivity contribution in [3.63, 3.8) is 0 Å². The number of sulfone groups is 1. The minimum absolute atomic E-state index is 0.0877. The van der Waals surface area contributed by atoms with Gasteiger partial charge in [-0.1, -0.05) is 61.9 Å². The standard InChI is InChI=1S/C27H40N6O5S/c1-17(2)23(33-24(34)22(28)11-8-16-31-26(29)30)25(35)32-19(4)27(36,20-9-6-5-7-10-20)39(37,38)21-14-12-18(3)13-15-21/h5-7,9-10,12-15,17,19,22-23,36H,8,11,16,28H2,1-4H3,(H,32,35)(H,33,34)(H4,29,30,31)/t19-,22-,23-,27+/m0/s1. The minimum atomic E-state index is -4.41. The van der Waals surface area contributed by atoms with Crippen LogP contribution in [0.2, 0.25) is 0 Å². The number of hydrogen-bond acceptors (Lipinski definition) is 7. The van der Waals surface area contributed by atoms with Gasteiger partial charge in [-0.15, -0.1) is 0 Å². The molecule has 2 aromatic carbocycles. The number of hydrogen-bond donors (Lipinski definition) is 7. The first-order chi connectivity index (χ1) is 18.2. The lowest BCUT2D eigenvalue weighted by molar-refractivity contribution is -0.131. The molecular weight excluding hydrogens is 520 g/mol. The van der Waals surface area contributed by atoms with Crippen LogP contribution in [0, 0.1) is 18.3 Å². The third-order valence-electron chi connectivity index (χ3n) is 6.47. The summed E-state index contributed by atoms with van der Waals surface area (Å²) >= 11 is 0. The Morgan fingerprint density at radius 2 is 1.59 bits per heavy atom. The summed E-state index contributed by atoms with van der Waals surface area (Å²) in [4.78, 5) is 23.5. The topological polar surface area (TPSA) is 200 Å². The fourth-order valence-electron chi connectivity index (χ4n) is 4.08. The summed E-state index contributed by atoms with van der Waals surface area (Å²) in [6.07, 6.45) is 0.766. The van der Waals surface area contributed by atoms with E-state index in [1.165, 1.54) is 31.2 Å². The Labute approximate surface area is 230 Å². The van der Waals surface area contributed by atoms with E-state index in [0.29, 0.717) is 13.0 Å². The molecule has 0 aliphatic carbocycles. The second-order valence-corrected chi connectivity index (χ2v) is 12.0. The molecule has 39 heavy (non-hydrogen) atoms. The molecule has 0 aliphatic heterocycles. The molecule has 2 aromatic rings. The largest absolute Gasteiger partial charge is 0.370 e. The highest BCUT2D eigenvalue weighted by Gasteiger charge is 2.50. The zero-order chi connectivity index (χ0) is 29.4. The van der Waals surface area contributed by atoms with Crippen molar-refractivity contribution in [3.05, 3.63) is 65.7 Å². The monoisotopic (exact) mass is 560 g/mol. The number of aryl methyl sites for hydroxylation is 1. The van der Waals surface area contributed by atoms with Gasteiger partial charge in [-0.25, -0.2) is 8.42 Å². The second-order valence-electron chi connectivity index (χ2n) is 9.93. The van der Waals surface area contributed by atoms with E-state index in [-0.39, 0.29) is 28.8 Å². The number of amides is 2. The van der Waals surface area contributed by atoms with Gasteiger partial charge in [-0.2, -0.15) is 0 Å². The van der Waals surface area contributed by atoms with Crippen LogP contribution < -0.4 is 27.4 Å². The molecule has 214 valence electrons. The van der Waals surface area contributed by atoms with Gasteiger partial charge in [-0.3, -0.25) is 15.0 Å². The molecule has 0 saturated carbocycles. The van der Waals surface area contributed by atoms with E-state index in [0.717, 1.165) is 5.56 Å². The molecule has 9 N–H and O–H groups in total. The maximum Gasteiger partial charge on any atom is 0.243 e. The fourth-order valence-corrected chi connectivity index (χ4v) is 5.91. The lowest BCUT2D eigenvalue weighted by Gasteiger charge is -2.36. The zero-order valence-electron chi connectivity index (χ0n) is 22.8. The van der Waals surface area contributed by atoms with Crippen LogP contribution in [-0.4, -0.2) is 56.0 Å². The van der Waals surface area contributed by atoms with E-state index in [2.05, 4.69) is 16.0 Å². The first-order valence-electron chi connectivity index (χ1n) is 12.7. The van der Waals surface area contributed by atoms with Crippen molar-refractivity contribution in [1.29, 1.82) is 5.41 Å². The maximum absolute atomic E-state index is 13.8. The van der Waals surface area contributed by atoms with Crippen LogP contribution in [-0.2, 0) is 24.4 Å². The van der Waals surface area contributed by atoms with Crippen molar-refractivity contribution in [1.82, 2.24) is 16.0 Å². The number of nitrogens with one attached hydrogen (secondary N) is 4. The van der Waals surface area contributed by atoms with Crippen LogP contribution in [0.25, 0.3) is 0 Å². The van der Waals surface area contributed by atoms with Gasteiger partial charge in [0.1, 0.15) is 6.04 Å². The maximum atomic E-state index is 13.8. The van der Waals surface area contributed by atoms with Crippen molar-refractivity contribution in [3.8, 4) is 0 Å². The molecule has 12 heteroatoms. The van der Waals surface area contributed by atoms with Gasteiger partial charge in [0.2, 0.25) is 26.6 Å². The molecule has 2 amide bonds. The predicted molar refractivity (Wildman–Crippen MR) is 150 cm³/mol. The summed E-state index contributed by atoms with van der Waals surface area (Å²) in [6, 6.07) is 10.7. The summed E-state index contributed by atoms with van der Waals surface area (Å²) in [5, 5.41) is 26.9. The summed E-state index contributed by atoms with van der Waals surface area (Å²) in [6.45, 7) is 7.05. The van der Waals surface area contributed by atoms with E-state index in [4.69, 9.17) is 16.9 Å². The Hall–Kier alpha value is -3.48. The first-order valence-corrected chi connectivity index (χ1v) is 14.2. The van der Waals surface area contributed by atoms with Gasteiger partial charge in [-0.05, 0) is 44.7 Å². The van der Waals surface area contributed by atoms with Gasteiger partial charge in [0, 0.05) is 12.1 Å². The smallest absolute Gasteiger partial charge is 0.243 e. The molecule has 0 bridgehead atoms. The number of benzene rings is 2. The first kappa shape index (κ1) is 31.7. The third-order valence-corrected chi connectivity index (χ3v) is 8.77. The van der Waals surface area contributed by atoms with Gasteiger partial charge >= 0.3 is 0 Å². The van der Waals surface area contributed by atoms with Gasteiger partial charge in [0.05, 0.1) is 17.0 Å². The number of aliphatic hydroxyl groups is 1. The molecular formula is C27H40N6O5S.